The van der Waals surface area contributed by atoms with Crippen molar-refractivity contribution in [2.24, 2.45) is 11.0 Å². The maximum Gasteiger partial charge on any atom is 0.101 e. The lowest BCUT2D eigenvalue weighted by Gasteiger charge is -2.06. The monoisotopic (exact) mass is 165 g/mol. The highest BCUT2D eigenvalue weighted by Gasteiger charge is 2.21. The lowest BCUT2D eigenvalue weighted by Crippen LogP contribution is -2.31. The largest absolute Gasteiger partial charge is 0.302 e. The Kier molecular flexibility index (Phi) is 3.39. The van der Waals surface area contributed by atoms with Crippen LogP contribution in [0.3, 0.4) is 0 Å². The number of hydrogen-bond acceptors (Lipinski definition) is 3. The van der Waals surface area contributed by atoms with Crippen molar-refractivity contribution < 1.29 is 0 Å². The molecule has 0 aromatic rings. The lowest BCUT2D eigenvalue weighted by molar-refractivity contribution is 0.577. The van der Waals surface area contributed by atoms with Gasteiger partial charge in [0.05, 0.1) is 12.6 Å². The Balaban J connectivity index is 2.15. The highest BCUT2D eigenvalue weighted by Crippen LogP contribution is 2.27. The number of rotatable bonds is 5. The van der Waals surface area contributed by atoms with Gasteiger partial charge in [0.1, 0.15) is 6.04 Å². The maximum atomic E-state index is 8.59. The van der Waals surface area contributed by atoms with Crippen LogP contribution in [0.15, 0.2) is 5.11 Å². The summed E-state index contributed by atoms with van der Waals surface area (Å²) in [5.41, 5.74) is 8.02. The summed E-state index contributed by atoms with van der Waals surface area (Å²) in [6.07, 6.45) is 2.51. The summed E-state index contributed by atoms with van der Waals surface area (Å²) in [5, 5.41) is 15.0. The number of nitrogens with zero attached hydrogens (tertiary/aromatic N) is 4. The molecule has 0 radical (unpaired) electrons. The Bertz CT molecular complexity index is 220. The van der Waals surface area contributed by atoms with Gasteiger partial charge in [-0.3, -0.25) is 0 Å². The summed E-state index contributed by atoms with van der Waals surface area (Å²) in [5.74, 6) is 0.743. The molecule has 0 bridgehead atoms. The van der Waals surface area contributed by atoms with Crippen molar-refractivity contribution in [3.05, 3.63) is 10.4 Å². The second kappa shape index (κ2) is 4.60. The molecule has 1 N–H and O–H groups in total. The van der Waals surface area contributed by atoms with Crippen molar-refractivity contribution >= 4 is 0 Å². The van der Waals surface area contributed by atoms with E-state index in [4.69, 9.17) is 10.8 Å². The summed E-state index contributed by atoms with van der Waals surface area (Å²) in [6, 6.07) is 1.73. The predicted octanol–water partition coefficient (Wildman–Crippen LogP) is 1.19. The second-order valence-corrected chi connectivity index (χ2v) is 2.95. The van der Waals surface area contributed by atoms with Gasteiger partial charge in [-0.2, -0.15) is 5.26 Å². The van der Waals surface area contributed by atoms with Crippen molar-refractivity contribution in [2.75, 3.05) is 13.1 Å². The van der Waals surface area contributed by atoms with Gasteiger partial charge < -0.3 is 5.32 Å². The standard InChI is InChI=1S/C7H11N5/c8-3-7(5-11-12-9)10-4-6-1-2-6/h6-7,10H,1-2,4-5H2. The minimum Gasteiger partial charge on any atom is -0.302 e. The number of nitrogens with one attached hydrogen (secondary N) is 1. The predicted molar refractivity (Wildman–Crippen MR) is 44.1 cm³/mol. The van der Waals surface area contributed by atoms with E-state index in [1.807, 2.05) is 6.07 Å². The first-order chi connectivity index (χ1) is 5.86. The third-order valence-electron chi connectivity index (χ3n) is 1.83. The molecule has 1 unspecified atom stereocenters. The molecule has 1 rings (SSSR count). The van der Waals surface area contributed by atoms with Gasteiger partial charge in [-0.05, 0) is 30.8 Å². The quantitative estimate of drug-likeness (QED) is 0.377. The number of nitriles is 1. The van der Waals surface area contributed by atoms with Crippen molar-refractivity contribution in [2.45, 2.75) is 18.9 Å². The molecule has 1 aliphatic rings. The molecule has 12 heavy (non-hydrogen) atoms. The molecule has 0 aromatic heterocycles. The Morgan fingerprint density at radius 2 is 2.50 bits per heavy atom. The molecule has 1 saturated carbocycles. The Morgan fingerprint density at radius 1 is 1.75 bits per heavy atom. The molecular formula is C7H11N5. The first-order valence-electron chi connectivity index (χ1n) is 4.00. The smallest absolute Gasteiger partial charge is 0.101 e. The van der Waals surface area contributed by atoms with Crippen molar-refractivity contribution in [3.63, 3.8) is 0 Å². The molecule has 0 spiro atoms. The molecule has 64 valence electrons. The van der Waals surface area contributed by atoms with Crippen LogP contribution in [-0.4, -0.2) is 19.1 Å². The van der Waals surface area contributed by atoms with Crippen molar-refractivity contribution in [1.82, 2.24) is 5.32 Å². The summed E-state index contributed by atoms with van der Waals surface area (Å²) < 4.78 is 0. The summed E-state index contributed by atoms with van der Waals surface area (Å²) in [7, 11) is 0. The van der Waals surface area contributed by atoms with Gasteiger partial charge in [-0.1, -0.05) is 5.11 Å². The van der Waals surface area contributed by atoms with E-state index in [0.29, 0.717) is 0 Å². The third kappa shape index (κ3) is 3.24. The van der Waals surface area contributed by atoms with Gasteiger partial charge in [0.25, 0.3) is 0 Å². The fourth-order valence-electron chi connectivity index (χ4n) is 0.900. The SMILES string of the molecule is N#CC(CN=[N+]=[N-])NCC1CC1. The van der Waals surface area contributed by atoms with Crippen LogP contribution in [0.1, 0.15) is 12.8 Å². The Hall–Kier alpha value is -1.24. The van der Waals surface area contributed by atoms with Crippen molar-refractivity contribution in [3.8, 4) is 6.07 Å². The minimum absolute atomic E-state index is 0.222. The molecule has 5 nitrogen and oxygen atoms in total. The zero-order valence-corrected chi connectivity index (χ0v) is 6.77. The van der Waals surface area contributed by atoms with Gasteiger partial charge in [0.2, 0.25) is 0 Å². The van der Waals surface area contributed by atoms with Crippen molar-refractivity contribution in [1.29, 1.82) is 5.26 Å². The van der Waals surface area contributed by atoms with Crippen LogP contribution in [0, 0.1) is 17.2 Å². The van der Waals surface area contributed by atoms with Gasteiger partial charge in [0, 0.05) is 4.91 Å². The van der Waals surface area contributed by atoms with Crippen LogP contribution in [0.25, 0.3) is 10.4 Å². The molecular weight excluding hydrogens is 154 g/mol. The molecule has 0 amide bonds. The Labute approximate surface area is 71.0 Å². The zero-order valence-electron chi connectivity index (χ0n) is 6.77. The normalized spacial score (nSPS) is 17.6. The minimum atomic E-state index is -0.318. The molecule has 1 aliphatic carbocycles. The van der Waals surface area contributed by atoms with Crippen LogP contribution < -0.4 is 5.32 Å². The molecule has 0 aliphatic heterocycles. The summed E-state index contributed by atoms with van der Waals surface area (Å²) >= 11 is 0. The van der Waals surface area contributed by atoms with E-state index in [0.717, 1.165) is 12.5 Å². The highest BCUT2D eigenvalue weighted by molar-refractivity contribution is 4.92. The maximum absolute atomic E-state index is 8.59. The fraction of sp³-hybridized carbons (Fsp3) is 0.857. The van der Waals surface area contributed by atoms with Gasteiger partial charge >= 0.3 is 0 Å². The van der Waals surface area contributed by atoms with Crippen LogP contribution in [-0.2, 0) is 0 Å². The molecule has 1 atom stereocenters. The van der Waals surface area contributed by atoms with E-state index in [2.05, 4.69) is 15.3 Å². The van der Waals surface area contributed by atoms with E-state index in [1.165, 1.54) is 12.8 Å². The molecule has 0 aromatic carbocycles. The summed E-state index contributed by atoms with van der Waals surface area (Å²) in [4.78, 5) is 2.60. The van der Waals surface area contributed by atoms with Crippen LogP contribution in [0.5, 0.6) is 0 Å². The number of azide groups is 1. The van der Waals surface area contributed by atoms with E-state index < -0.39 is 0 Å². The van der Waals surface area contributed by atoms with E-state index in [1.54, 1.807) is 0 Å². The number of hydrogen-bond donors (Lipinski definition) is 1. The molecule has 5 heteroatoms. The Morgan fingerprint density at radius 3 is 3.00 bits per heavy atom. The zero-order chi connectivity index (χ0) is 8.81. The topological polar surface area (TPSA) is 84.6 Å². The van der Waals surface area contributed by atoms with Gasteiger partial charge in [0.15, 0.2) is 0 Å². The van der Waals surface area contributed by atoms with E-state index in [-0.39, 0.29) is 12.6 Å². The van der Waals surface area contributed by atoms with Crippen LogP contribution in [0.4, 0.5) is 0 Å². The van der Waals surface area contributed by atoms with E-state index >= 15 is 0 Å². The average molecular weight is 165 g/mol. The second-order valence-electron chi connectivity index (χ2n) is 2.95. The molecule has 0 saturated heterocycles. The third-order valence-corrected chi connectivity index (χ3v) is 1.83. The van der Waals surface area contributed by atoms with E-state index in [9.17, 15) is 0 Å². The first kappa shape index (κ1) is 8.85. The fourth-order valence-corrected chi connectivity index (χ4v) is 0.900. The van der Waals surface area contributed by atoms with Gasteiger partial charge in [-0.25, -0.2) is 0 Å². The first-order valence-corrected chi connectivity index (χ1v) is 4.00. The van der Waals surface area contributed by atoms with Gasteiger partial charge in [-0.15, -0.1) is 0 Å². The van der Waals surface area contributed by atoms with Crippen LogP contribution in [0.2, 0.25) is 0 Å². The molecule has 0 heterocycles. The average Bonchev–Trinajstić information content (AvgIpc) is 2.89. The molecule has 1 fully saturated rings. The highest BCUT2D eigenvalue weighted by atomic mass is 15.1. The summed E-state index contributed by atoms with van der Waals surface area (Å²) in [6.45, 7) is 1.10. The van der Waals surface area contributed by atoms with Crippen LogP contribution >= 0.6 is 0 Å². The lowest BCUT2D eigenvalue weighted by atomic mass is 10.3.